The summed E-state index contributed by atoms with van der Waals surface area (Å²) in [6, 6.07) is 8.00. The number of aromatic amines is 1. The summed E-state index contributed by atoms with van der Waals surface area (Å²) in [6.45, 7) is 3.08. The van der Waals surface area contributed by atoms with Crippen molar-refractivity contribution in [2.75, 3.05) is 6.54 Å². The molecular formula is C21H19F2N3O3. The van der Waals surface area contributed by atoms with Crippen LogP contribution in [0.1, 0.15) is 35.3 Å². The largest absolute Gasteiger partial charge is 0.369 e. The number of H-pyrrole nitrogens is 1. The highest BCUT2D eigenvalue weighted by molar-refractivity contribution is 6.16. The lowest BCUT2D eigenvalue weighted by Gasteiger charge is -2.27. The minimum Gasteiger partial charge on any atom is -0.369 e. The third-order valence-electron chi connectivity index (χ3n) is 4.76. The van der Waals surface area contributed by atoms with Gasteiger partial charge >= 0.3 is 0 Å². The maximum Gasteiger partial charge on any atom is 0.255 e. The van der Waals surface area contributed by atoms with E-state index >= 15 is 0 Å². The van der Waals surface area contributed by atoms with E-state index in [1.54, 1.807) is 13.8 Å². The average molecular weight is 399 g/mol. The number of nitrogens with two attached hydrogens (primary N) is 1. The number of benzene rings is 2. The fourth-order valence-electron chi connectivity index (χ4n) is 3.11. The molecule has 4 N–H and O–H groups in total. The van der Waals surface area contributed by atoms with Gasteiger partial charge in [-0.05, 0) is 49.1 Å². The van der Waals surface area contributed by atoms with E-state index in [2.05, 4.69) is 10.3 Å². The second-order valence-corrected chi connectivity index (χ2v) is 7.16. The fraction of sp³-hybridized carbons (Fsp3) is 0.190. The molecule has 0 unspecified atom stereocenters. The van der Waals surface area contributed by atoms with Gasteiger partial charge < -0.3 is 10.7 Å². The number of carbonyl (C=O) groups excluding carboxylic acids is 2. The minimum atomic E-state index is -1.04. The molecule has 1 amide bonds. The number of carbonyl (C=O) groups is 2. The molecular weight excluding hydrogens is 380 g/mol. The van der Waals surface area contributed by atoms with Gasteiger partial charge in [-0.1, -0.05) is 12.1 Å². The van der Waals surface area contributed by atoms with Crippen molar-refractivity contribution >= 4 is 22.5 Å². The molecule has 0 saturated carbocycles. The molecule has 0 saturated heterocycles. The van der Waals surface area contributed by atoms with Crippen LogP contribution >= 0.6 is 0 Å². The van der Waals surface area contributed by atoms with Crippen molar-refractivity contribution in [1.29, 1.82) is 0 Å². The molecule has 29 heavy (non-hydrogen) atoms. The molecule has 1 heterocycles. The number of fused-ring (bicyclic) bond motifs is 1. The second-order valence-electron chi connectivity index (χ2n) is 7.16. The summed E-state index contributed by atoms with van der Waals surface area (Å²) < 4.78 is 29.6. The van der Waals surface area contributed by atoms with Gasteiger partial charge in [0.05, 0.1) is 12.1 Å². The van der Waals surface area contributed by atoms with Crippen LogP contribution in [0, 0.1) is 11.6 Å². The Labute approximate surface area is 164 Å². The molecule has 0 atom stereocenters. The zero-order chi connectivity index (χ0) is 21.3. The van der Waals surface area contributed by atoms with Crippen molar-refractivity contribution in [1.82, 2.24) is 10.3 Å². The Balaban J connectivity index is 2.07. The minimum absolute atomic E-state index is 0.0188. The van der Waals surface area contributed by atoms with E-state index in [1.807, 2.05) is 0 Å². The van der Waals surface area contributed by atoms with E-state index in [4.69, 9.17) is 5.73 Å². The third kappa shape index (κ3) is 3.93. The molecule has 0 aliphatic carbocycles. The summed E-state index contributed by atoms with van der Waals surface area (Å²) in [5, 5.41) is 3.35. The molecule has 0 aliphatic rings. The Hall–Kier alpha value is -3.39. The Morgan fingerprint density at radius 3 is 2.38 bits per heavy atom. The van der Waals surface area contributed by atoms with E-state index in [-0.39, 0.29) is 23.1 Å². The summed E-state index contributed by atoms with van der Waals surface area (Å²) in [5.74, 6) is -3.57. The lowest BCUT2D eigenvalue weighted by atomic mass is 9.90. The first-order valence-corrected chi connectivity index (χ1v) is 8.80. The lowest BCUT2D eigenvalue weighted by molar-refractivity contribution is -0.117. The molecule has 150 valence electrons. The van der Waals surface area contributed by atoms with Crippen molar-refractivity contribution in [2.24, 2.45) is 5.73 Å². The van der Waals surface area contributed by atoms with Gasteiger partial charge in [0.15, 0.2) is 5.78 Å². The summed E-state index contributed by atoms with van der Waals surface area (Å²) in [7, 11) is 0. The molecule has 1 aromatic heterocycles. The van der Waals surface area contributed by atoms with Crippen LogP contribution in [0.5, 0.6) is 0 Å². The van der Waals surface area contributed by atoms with Crippen LogP contribution in [-0.2, 0) is 10.3 Å². The van der Waals surface area contributed by atoms with Crippen LogP contribution in [0.3, 0.4) is 0 Å². The van der Waals surface area contributed by atoms with Gasteiger partial charge in [-0.15, -0.1) is 0 Å². The highest BCUT2D eigenvalue weighted by Crippen LogP contribution is 2.27. The van der Waals surface area contributed by atoms with Gasteiger partial charge in [0.2, 0.25) is 5.91 Å². The first-order valence-electron chi connectivity index (χ1n) is 8.80. The lowest BCUT2D eigenvalue weighted by Crippen LogP contribution is -2.42. The monoisotopic (exact) mass is 399 g/mol. The Morgan fingerprint density at radius 2 is 1.76 bits per heavy atom. The molecule has 0 spiro atoms. The summed E-state index contributed by atoms with van der Waals surface area (Å²) in [5.41, 5.74) is 3.24. The number of pyridine rings is 1. The van der Waals surface area contributed by atoms with Gasteiger partial charge in [-0.3, -0.25) is 19.7 Å². The average Bonchev–Trinajstić information content (AvgIpc) is 2.65. The van der Waals surface area contributed by atoms with Crippen LogP contribution in [0.15, 0.2) is 47.4 Å². The standard InChI is InChI=1S/C21H19F2N3O3/c1-21(2,26-10-17(24)27)11-8-15(22)18(16(23)9-11)19(28)13-4-3-5-14-12(13)6-7-25-20(14)29/h3-9,26H,10H2,1-2H3,(H2,24,27)(H,25,29). The van der Waals surface area contributed by atoms with E-state index in [0.717, 1.165) is 12.1 Å². The first-order chi connectivity index (χ1) is 13.6. The number of hydrogen-bond acceptors (Lipinski definition) is 4. The number of amides is 1. The van der Waals surface area contributed by atoms with E-state index in [1.165, 1.54) is 30.5 Å². The molecule has 0 fully saturated rings. The fourth-order valence-corrected chi connectivity index (χ4v) is 3.11. The van der Waals surface area contributed by atoms with E-state index < -0.39 is 40.0 Å². The molecule has 6 nitrogen and oxygen atoms in total. The van der Waals surface area contributed by atoms with Crippen LogP contribution in [0.2, 0.25) is 0 Å². The maximum absolute atomic E-state index is 14.8. The van der Waals surface area contributed by atoms with Crippen molar-refractivity contribution < 1.29 is 18.4 Å². The highest BCUT2D eigenvalue weighted by atomic mass is 19.1. The molecule has 3 rings (SSSR count). The Kier molecular flexibility index (Phi) is 5.30. The number of halogens is 2. The molecule has 2 aromatic carbocycles. The molecule has 0 radical (unpaired) electrons. The smallest absolute Gasteiger partial charge is 0.255 e. The number of aromatic nitrogens is 1. The van der Waals surface area contributed by atoms with Gasteiger partial charge in [0, 0.05) is 22.7 Å². The van der Waals surface area contributed by atoms with E-state index in [9.17, 15) is 23.2 Å². The second kappa shape index (κ2) is 7.56. The van der Waals surface area contributed by atoms with Crippen molar-refractivity contribution in [3.8, 4) is 0 Å². The summed E-state index contributed by atoms with van der Waals surface area (Å²) in [4.78, 5) is 38.3. The quantitative estimate of drug-likeness (QED) is 0.554. The number of rotatable bonds is 6. The number of hydrogen-bond donors (Lipinski definition) is 3. The normalized spacial score (nSPS) is 11.6. The van der Waals surface area contributed by atoms with Crippen LogP contribution < -0.4 is 16.6 Å². The van der Waals surface area contributed by atoms with Crippen molar-refractivity contribution in [3.05, 3.63) is 81.3 Å². The summed E-state index contributed by atoms with van der Waals surface area (Å²) in [6.07, 6.45) is 1.37. The number of nitrogens with one attached hydrogen (secondary N) is 2. The molecule has 0 bridgehead atoms. The van der Waals surface area contributed by atoms with Crippen LogP contribution in [0.4, 0.5) is 8.78 Å². The molecule has 8 heteroatoms. The number of ketones is 1. The Bertz CT molecular complexity index is 1160. The van der Waals surface area contributed by atoms with Crippen LogP contribution in [0.25, 0.3) is 10.8 Å². The van der Waals surface area contributed by atoms with Crippen LogP contribution in [-0.4, -0.2) is 23.2 Å². The zero-order valence-corrected chi connectivity index (χ0v) is 15.8. The van der Waals surface area contributed by atoms with E-state index in [0.29, 0.717) is 5.39 Å². The predicted octanol–water partition coefficient (Wildman–Crippen LogP) is 2.35. The highest BCUT2D eigenvalue weighted by Gasteiger charge is 2.27. The first kappa shape index (κ1) is 20.3. The van der Waals surface area contributed by atoms with Gasteiger partial charge in [0.25, 0.3) is 5.56 Å². The SMILES string of the molecule is CC(C)(NCC(N)=O)c1cc(F)c(C(=O)c2cccc3c(=O)[nH]ccc23)c(F)c1. The third-order valence-corrected chi connectivity index (χ3v) is 4.76. The number of primary amides is 1. The Morgan fingerprint density at radius 1 is 1.10 bits per heavy atom. The van der Waals surface area contributed by atoms with Gasteiger partial charge in [-0.25, -0.2) is 8.78 Å². The van der Waals surface area contributed by atoms with Gasteiger partial charge in [-0.2, -0.15) is 0 Å². The van der Waals surface area contributed by atoms with Crippen molar-refractivity contribution in [2.45, 2.75) is 19.4 Å². The molecule has 3 aromatic rings. The molecule has 0 aliphatic heterocycles. The topological polar surface area (TPSA) is 105 Å². The maximum atomic E-state index is 14.8. The zero-order valence-electron chi connectivity index (χ0n) is 15.8. The predicted molar refractivity (Wildman–Crippen MR) is 105 cm³/mol. The summed E-state index contributed by atoms with van der Waals surface area (Å²) >= 11 is 0. The van der Waals surface area contributed by atoms with Gasteiger partial charge in [0.1, 0.15) is 11.6 Å². The van der Waals surface area contributed by atoms with Crippen molar-refractivity contribution in [3.63, 3.8) is 0 Å².